The van der Waals surface area contributed by atoms with Crippen LogP contribution in [0.15, 0.2) is 65.7 Å². The lowest BCUT2D eigenvalue weighted by Gasteiger charge is -2.32. The lowest BCUT2D eigenvalue weighted by Crippen LogP contribution is -2.46. The molecule has 0 bridgehead atoms. The largest absolute Gasteiger partial charge is 0.469 e. The second kappa shape index (κ2) is 8.77. The molecule has 1 aliphatic rings. The summed E-state index contributed by atoms with van der Waals surface area (Å²) in [5.41, 5.74) is 1.42. The molecular formula is C22H24N4O3. The van der Waals surface area contributed by atoms with Crippen LogP contribution >= 0.6 is 0 Å². The van der Waals surface area contributed by atoms with Crippen molar-refractivity contribution in [3.05, 3.63) is 72.7 Å². The van der Waals surface area contributed by atoms with E-state index < -0.39 is 0 Å². The number of nitrogens with zero attached hydrogens (tertiary/aromatic N) is 3. The first-order valence-electron chi connectivity index (χ1n) is 9.89. The van der Waals surface area contributed by atoms with Gasteiger partial charge in [-0.15, -0.1) is 0 Å². The highest BCUT2D eigenvalue weighted by molar-refractivity contribution is 5.94. The van der Waals surface area contributed by atoms with Crippen molar-refractivity contribution in [2.75, 3.05) is 19.6 Å². The van der Waals surface area contributed by atoms with Gasteiger partial charge in [-0.3, -0.25) is 14.6 Å². The molecule has 29 heavy (non-hydrogen) atoms. The van der Waals surface area contributed by atoms with Gasteiger partial charge in [0.15, 0.2) is 0 Å². The van der Waals surface area contributed by atoms with Crippen LogP contribution in [0, 0.1) is 5.92 Å². The molecule has 0 spiro atoms. The van der Waals surface area contributed by atoms with Crippen molar-refractivity contribution in [1.82, 2.24) is 19.8 Å². The van der Waals surface area contributed by atoms with Crippen LogP contribution in [-0.2, 0) is 11.2 Å². The number of amides is 2. The Morgan fingerprint density at radius 2 is 2.14 bits per heavy atom. The van der Waals surface area contributed by atoms with Gasteiger partial charge in [0.1, 0.15) is 11.5 Å². The summed E-state index contributed by atoms with van der Waals surface area (Å²) in [5.74, 6) is 0.594. The molecule has 3 aromatic heterocycles. The number of hydrogen-bond acceptors (Lipinski definition) is 4. The van der Waals surface area contributed by atoms with Crippen LogP contribution in [0.1, 0.15) is 29.1 Å². The van der Waals surface area contributed by atoms with E-state index in [1.54, 1.807) is 23.6 Å². The van der Waals surface area contributed by atoms with Crippen LogP contribution in [0.25, 0.3) is 5.69 Å². The quantitative estimate of drug-likeness (QED) is 0.699. The summed E-state index contributed by atoms with van der Waals surface area (Å²) in [7, 11) is 0. The van der Waals surface area contributed by atoms with Crippen LogP contribution in [0.2, 0.25) is 0 Å². The fourth-order valence-electron chi connectivity index (χ4n) is 3.72. The predicted molar refractivity (Wildman–Crippen MR) is 108 cm³/mol. The maximum absolute atomic E-state index is 13.1. The zero-order valence-electron chi connectivity index (χ0n) is 16.2. The first kappa shape index (κ1) is 19.0. The molecule has 0 radical (unpaired) electrons. The van der Waals surface area contributed by atoms with E-state index >= 15 is 0 Å². The molecule has 7 nitrogen and oxygen atoms in total. The van der Waals surface area contributed by atoms with Gasteiger partial charge in [-0.2, -0.15) is 0 Å². The van der Waals surface area contributed by atoms with Gasteiger partial charge in [-0.05, 0) is 49.2 Å². The van der Waals surface area contributed by atoms with Crippen molar-refractivity contribution in [1.29, 1.82) is 0 Å². The van der Waals surface area contributed by atoms with Crippen molar-refractivity contribution in [2.24, 2.45) is 5.92 Å². The number of pyridine rings is 1. The van der Waals surface area contributed by atoms with Crippen LogP contribution in [0.5, 0.6) is 0 Å². The van der Waals surface area contributed by atoms with Gasteiger partial charge >= 0.3 is 0 Å². The zero-order chi connectivity index (χ0) is 20.1. The van der Waals surface area contributed by atoms with Gasteiger partial charge in [-0.1, -0.05) is 0 Å². The average molecular weight is 392 g/mol. The van der Waals surface area contributed by atoms with Crippen molar-refractivity contribution in [3.63, 3.8) is 0 Å². The second-order valence-electron chi connectivity index (χ2n) is 7.19. The zero-order valence-corrected chi connectivity index (χ0v) is 16.2. The molecule has 1 aliphatic heterocycles. The molecule has 1 saturated heterocycles. The van der Waals surface area contributed by atoms with Gasteiger partial charge in [0, 0.05) is 38.4 Å². The van der Waals surface area contributed by atoms with Gasteiger partial charge in [-0.25, -0.2) is 0 Å². The average Bonchev–Trinajstić information content (AvgIpc) is 3.46. The van der Waals surface area contributed by atoms with E-state index in [9.17, 15) is 9.59 Å². The van der Waals surface area contributed by atoms with Crippen LogP contribution in [-0.4, -0.2) is 45.9 Å². The van der Waals surface area contributed by atoms with Crippen molar-refractivity contribution < 1.29 is 14.0 Å². The van der Waals surface area contributed by atoms with Crippen LogP contribution < -0.4 is 5.32 Å². The van der Waals surface area contributed by atoms with Gasteiger partial charge in [0.25, 0.3) is 5.91 Å². The minimum Gasteiger partial charge on any atom is -0.469 e. The summed E-state index contributed by atoms with van der Waals surface area (Å²) in [6.45, 7) is 1.62. The van der Waals surface area contributed by atoms with Gasteiger partial charge in [0.05, 0.1) is 24.1 Å². The van der Waals surface area contributed by atoms with E-state index in [2.05, 4.69) is 10.3 Å². The Hall–Kier alpha value is -3.35. The number of carbonyl (C=O) groups is 2. The maximum Gasteiger partial charge on any atom is 0.270 e. The monoisotopic (exact) mass is 392 g/mol. The van der Waals surface area contributed by atoms with E-state index in [4.69, 9.17) is 4.42 Å². The Bertz CT molecular complexity index is 950. The Balaban J connectivity index is 1.38. The third-order valence-electron chi connectivity index (χ3n) is 5.22. The molecule has 7 heteroatoms. The number of furan rings is 1. The van der Waals surface area contributed by atoms with Gasteiger partial charge < -0.3 is 19.2 Å². The van der Waals surface area contributed by atoms with Crippen molar-refractivity contribution in [2.45, 2.75) is 19.3 Å². The van der Waals surface area contributed by atoms with Crippen LogP contribution in [0.3, 0.4) is 0 Å². The Kier molecular flexibility index (Phi) is 5.74. The summed E-state index contributed by atoms with van der Waals surface area (Å²) in [6.07, 6.45) is 9.18. The van der Waals surface area contributed by atoms with E-state index in [0.717, 1.165) is 24.3 Å². The van der Waals surface area contributed by atoms with Crippen molar-refractivity contribution >= 4 is 11.8 Å². The minimum absolute atomic E-state index is 0.00306. The molecule has 1 atom stereocenters. The molecule has 0 saturated carbocycles. The highest BCUT2D eigenvalue weighted by Crippen LogP contribution is 2.20. The lowest BCUT2D eigenvalue weighted by atomic mass is 9.96. The number of likely N-dealkylation sites (tertiary alicyclic amines) is 1. The summed E-state index contributed by atoms with van der Waals surface area (Å²) < 4.78 is 7.12. The summed E-state index contributed by atoms with van der Waals surface area (Å²) >= 11 is 0. The Morgan fingerprint density at radius 1 is 1.21 bits per heavy atom. The molecule has 150 valence electrons. The highest BCUT2D eigenvalue weighted by Gasteiger charge is 2.30. The molecule has 4 rings (SSSR count). The molecule has 0 unspecified atom stereocenters. The number of nitrogens with one attached hydrogen (secondary N) is 1. The predicted octanol–water partition coefficient (Wildman–Crippen LogP) is 2.68. The third-order valence-corrected chi connectivity index (χ3v) is 5.22. The molecule has 2 amide bonds. The van der Waals surface area contributed by atoms with E-state index in [1.807, 2.05) is 47.2 Å². The standard InChI is InChI=1S/C22H24N4O3/c27-21(24-11-9-19-7-4-14-29-19)17-5-2-12-25(16-17)22(28)20-8-3-13-26(20)18-6-1-10-23-15-18/h1,3-4,6-8,10,13-15,17H,2,5,9,11-12,16H2,(H,24,27)/t17-/m0/s1. The van der Waals surface area contributed by atoms with E-state index in [1.165, 1.54) is 0 Å². The Morgan fingerprint density at radius 3 is 2.93 bits per heavy atom. The summed E-state index contributed by atoms with van der Waals surface area (Å²) in [4.78, 5) is 31.6. The molecule has 0 aromatic carbocycles. The first-order valence-corrected chi connectivity index (χ1v) is 9.89. The summed E-state index contributed by atoms with van der Waals surface area (Å²) in [5, 5.41) is 2.97. The van der Waals surface area contributed by atoms with Gasteiger partial charge in [0.2, 0.25) is 5.91 Å². The molecule has 3 aromatic rings. The summed E-state index contributed by atoms with van der Waals surface area (Å²) in [6, 6.07) is 11.1. The minimum atomic E-state index is -0.189. The fraction of sp³-hybridized carbons (Fsp3) is 0.318. The maximum atomic E-state index is 13.1. The van der Waals surface area contributed by atoms with Crippen LogP contribution in [0.4, 0.5) is 0 Å². The normalized spacial score (nSPS) is 16.6. The first-order chi connectivity index (χ1) is 14.2. The topological polar surface area (TPSA) is 80.4 Å². The van der Waals surface area contributed by atoms with Crippen molar-refractivity contribution in [3.8, 4) is 5.69 Å². The number of piperidine rings is 1. The second-order valence-corrected chi connectivity index (χ2v) is 7.19. The van der Waals surface area contributed by atoms with E-state index in [0.29, 0.717) is 31.7 Å². The lowest BCUT2D eigenvalue weighted by molar-refractivity contribution is -0.126. The molecule has 1 fully saturated rings. The number of carbonyl (C=O) groups excluding carboxylic acids is 2. The number of aromatic nitrogens is 2. The molecule has 4 heterocycles. The molecule has 0 aliphatic carbocycles. The Labute approximate surface area is 169 Å². The third kappa shape index (κ3) is 4.39. The number of hydrogen-bond donors (Lipinski definition) is 1. The molecular weight excluding hydrogens is 368 g/mol. The molecule has 1 N–H and O–H groups in total. The smallest absolute Gasteiger partial charge is 0.270 e. The fourth-order valence-corrected chi connectivity index (χ4v) is 3.72. The SMILES string of the molecule is O=C(NCCc1ccco1)[C@H]1CCCN(C(=O)c2cccn2-c2cccnc2)C1. The van der Waals surface area contributed by atoms with E-state index in [-0.39, 0.29) is 17.7 Å². The number of rotatable bonds is 6. The highest BCUT2D eigenvalue weighted by atomic mass is 16.3.